The molecule has 7 nitrogen and oxygen atoms in total. The average Bonchev–Trinajstić information content (AvgIpc) is 2.83. The van der Waals surface area contributed by atoms with Gasteiger partial charge in [-0.25, -0.2) is 26.9 Å². The first-order valence-corrected chi connectivity index (χ1v) is 11.6. The van der Waals surface area contributed by atoms with Gasteiger partial charge in [-0.05, 0) is 67.8 Å². The standard InChI is InChI=1S/C24H20F2N4O3S/c1-14-4-5-17(12-27-14)22-13-28-20-7-6-16(11-21(20)30-22)24(31)18-9-15(10-19(25)23(18)26)3-2-8-29-34(32)33/h4-7,9-13,34H,2-3,8H2,1H3,(H,29,32,33). The number of nitrogens with one attached hydrogen (secondary N) is 1. The lowest BCUT2D eigenvalue weighted by molar-refractivity contribution is 0.103. The van der Waals surface area contributed by atoms with Crippen LogP contribution in [0.2, 0.25) is 0 Å². The van der Waals surface area contributed by atoms with E-state index in [1.165, 1.54) is 18.2 Å². The molecule has 0 saturated carbocycles. The summed E-state index contributed by atoms with van der Waals surface area (Å²) < 4.78 is 52.1. The second-order valence-corrected chi connectivity index (χ2v) is 8.51. The molecule has 0 atom stereocenters. The van der Waals surface area contributed by atoms with Crippen LogP contribution < -0.4 is 4.72 Å². The van der Waals surface area contributed by atoms with Crippen LogP contribution in [0.15, 0.2) is 54.9 Å². The smallest absolute Gasteiger partial charge is 0.201 e. The van der Waals surface area contributed by atoms with Gasteiger partial charge in [-0.15, -0.1) is 0 Å². The van der Waals surface area contributed by atoms with Crippen LogP contribution in [0.1, 0.15) is 33.6 Å². The van der Waals surface area contributed by atoms with E-state index in [2.05, 4.69) is 19.7 Å². The van der Waals surface area contributed by atoms with Crippen molar-refractivity contribution in [1.82, 2.24) is 19.7 Å². The molecule has 2 aromatic carbocycles. The molecule has 0 aliphatic carbocycles. The highest BCUT2D eigenvalue weighted by Crippen LogP contribution is 2.23. The second-order valence-electron chi connectivity index (χ2n) is 7.68. The molecule has 1 N–H and O–H groups in total. The van der Waals surface area contributed by atoms with Crippen LogP contribution in [0, 0.1) is 18.6 Å². The van der Waals surface area contributed by atoms with Gasteiger partial charge < -0.3 is 0 Å². The third-order valence-corrected chi connectivity index (χ3v) is 5.71. The molecule has 2 aromatic heterocycles. The van der Waals surface area contributed by atoms with Crippen LogP contribution >= 0.6 is 0 Å². The maximum Gasteiger partial charge on any atom is 0.201 e. The van der Waals surface area contributed by atoms with Crippen molar-refractivity contribution >= 4 is 27.7 Å². The highest BCUT2D eigenvalue weighted by molar-refractivity contribution is 7.70. The third-order valence-electron chi connectivity index (χ3n) is 5.23. The van der Waals surface area contributed by atoms with Crippen molar-refractivity contribution < 1.29 is 22.0 Å². The molecule has 2 heterocycles. The van der Waals surface area contributed by atoms with E-state index in [-0.39, 0.29) is 18.5 Å². The SMILES string of the molecule is Cc1ccc(-c2cnc3ccc(C(=O)c4cc(CCCN[SH](=O)=O)cc(F)c4F)cc3n2)cn1. The van der Waals surface area contributed by atoms with Crippen LogP contribution in [0.25, 0.3) is 22.3 Å². The fourth-order valence-corrected chi connectivity index (χ4v) is 3.82. The fraction of sp³-hybridized carbons (Fsp3) is 0.167. The summed E-state index contributed by atoms with van der Waals surface area (Å²) in [7, 11) is -2.73. The maximum absolute atomic E-state index is 14.5. The molecule has 0 spiro atoms. The first kappa shape index (κ1) is 23.5. The quantitative estimate of drug-likeness (QED) is 0.226. The third kappa shape index (κ3) is 5.29. The van der Waals surface area contributed by atoms with Gasteiger partial charge in [0.05, 0.1) is 28.5 Å². The van der Waals surface area contributed by atoms with E-state index in [9.17, 15) is 22.0 Å². The summed E-state index contributed by atoms with van der Waals surface area (Å²) >= 11 is 0. The number of pyridine rings is 1. The van der Waals surface area contributed by atoms with Gasteiger partial charge in [0.1, 0.15) is 0 Å². The zero-order chi connectivity index (χ0) is 24.2. The molecule has 34 heavy (non-hydrogen) atoms. The summed E-state index contributed by atoms with van der Waals surface area (Å²) in [5, 5.41) is 0. The predicted octanol–water partition coefficient (Wildman–Crippen LogP) is 3.56. The number of thiol groups is 1. The van der Waals surface area contributed by atoms with Gasteiger partial charge in [-0.2, -0.15) is 0 Å². The van der Waals surface area contributed by atoms with Crippen molar-refractivity contribution in [2.45, 2.75) is 19.8 Å². The van der Waals surface area contributed by atoms with E-state index in [0.717, 1.165) is 17.3 Å². The number of carbonyl (C=O) groups excluding carboxylic acids is 1. The molecule has 0 aliphatic rings. The van der Waals surface area contributed by atoms with Crippen LogP contribution in [0.4, 0.5) is 8.78 Å². The Morgan fingerprint density at radius 2 is 1.82 bits per heavy atom. The number of carbonyl (C=O) groups is 1. The Kier molecular flexibility index (Phi) is 6.99. The predicted molar refractivity (Wildman–Crippen MR) is 124 cm³/mol. The largest absolute Gasteiger partial charge is 0.288 e. The van der Waals surface area contributed by atoms with E-state index >= 15 is 0 Å². The molecule has 0 unspecified atom stereocenters. The number of hydrogen-bond acceptors (Lipinski definition) is 6. The molecule has 0 fully saturated rings. The molecule has 10 heteroatoms. The normalized spacial score (nSPS) is 11.3. The maximum atomic E-state index is 14.5. The number of nitrogens with zero attached hydrogens (tertiary/aromatic N) is 3. The Morgan fingerprint density at radius 3 is 2.56 bits per heavy atom. The topological polar surface area (TPSA) is 102 Å². The summed E-state index contributed by atoms with van der Waals surface area (Å²) in [6.45, 7) is 2.03. The molecule has 0 amide bonds. The number of rotatable bonds is 8. The Balaban J connectivity index is 1.64. The van der Waals surface area contributed by atoms with Crippen molar-refractivity contribution in [2.24, 2.45) is 0 Å². The molecule has 0 bridgehead atoms. The summed E-state index contributed by atoms with van der Waals surface area (Å²) in [5.74, 6) is -3.07. The van der Waals surface area contributed by atoms with E-state index in [4.69, 9.17) is 0 Å². The van der Waals surface area contributed by atoms with E-state index in [1.807, 2.05) is 19.1 Å². The summed E-state index contributed by atoms with van der Waals surface area (Å²) in [5.41, 5.74) is 3.29. The number of aromatic nitrogens is 3. The second kappa shape index (κ2) is 10.1. The Bertz CT molecular complexity index is 1450. The van der Waals surface area contributed by atoms with E-state index in [0.29, 0.717) is 28.7 Å². The molecule has 4 aromatic rings. The number of halogens is 2. The van der Waals surface area contributed by atoms with Crippen LogP contribution in [0.3, 0.4) is 0 Å². The molecule has 0 saturated heterocycles. The summed E-state index contributed by atoms with van der Waals surface area (Å²) in [6, 6.07) is 10.6. The Hall–Kier alpha value is -3.63. The number of fused-ring (bicyclic) bond motifs is 1. The first-order chi connectivity index (χ1) is 16.3. The Morgan fingerprint density at radius 1 is 1.00 bits per heavy atom. The fourth-order valence-electron chi connectivity index (χ4n) is 3.48. The zero-order valence-electron chi connectivity index (χ0n) is 18.1. The van der Waals surface area contributed by atoms with E-state index in [1.54, 1.807) is 18.5 Å². The van der Waals surface area contributed by atoms with Gasteiger partial charge >= 0.3 is 0 Å². The molecule has 174 valence electrons. The lowest BCUT2D eigenvalue weighted by Gasteiger charge is -2.09. The number of ketones is 1. The monoisotopic (exact) mass is 482 g/mol. The van der Waals surface area contributed by atoms with Crippen LogP contribution in [-0.4, -0.2) is 35.7 Å². The first-order valence-electron chi connectivity index (χ1n) is 10.4. The van der Waals surface area contributed by atoms with Gasteiger partial charge in [0, 0.05) is 29.6 Å². The Labute approximate surface area is 196 Å². The molecule has 4 rings (SSSR count). The van der Waals surface area contributed by atoms with Crippen LogP contribution in [0.5, 0.6) is 0 Å². The minimum Gasteiger partial charge on any atom is -0.288 e. The van der Waals surface area contributed by atoms with Crippen molar-refractivity contribution in [3.8, 4) is 11.3 Å². The van der Waals surface area contributed by atoms with Crippen LogP contribution in [-0.2, 0) is 17.3 Å². The number of benzene rings is 2. The van der Waals surface area contributed by atoms with E-state index < -0.39 is 33.9 Å². The van der Waals surface area contributed by atoms with Crippen molar-refractivity contribution in [3.05, 3.63) is 88.9 Å². The lowest BCUT2D eigenvalue weighted by Crippen LogP contribution is -2.13. The molecular formula is C24H20F2N4O3S. The van der Waals surface area contributed by atoms with Gasteiger partial charge in [0.25, 0.3) is 0 Å². The minimum absolute atomic E-state index is 0.140. The number of aryl methyl sites for hydroxylation is 2. The number of hydrogen-bond donors (Lipinski definition) is 2. The molecule has 0 radical (unpaired) electrons. The summed E-state index contributed by atoms with van der Waals surface area (Å²) in [4.78, 5) is 26.2. The van der Waals surface area contributed by atoms with Gasteiger partial charge in [-0.3, -0.25) is 14.8 Å². The lowest BCUT2D eigenvalue weighted by atomic mass is 9.98. The van der Waals surface area contributed by atoms with Gasteiger partial charge in [-0.1, -0.05) is 0 Å². The van der Waals surface area contributed by atoms with Crippen molar-refractivity contribution in [1.29, 1.82) is 0 Å². The molecule has 0 aliphatic heterocycles. The van der Waals surface area contributed by atoms with Gasteiger partial charge in [0.15, 0.2) is 17.4 Å². The summed E-state index contributed by atoms with van der Waals surface area (Å²) in [6.07, 6.45) is 3.91. The van der Waals surface area contributed by atoms with Crippen molar-refractivity contribution in [2.75, 3.05) is 6.54 Å². The highest BCUT2D eigenvalue weighted by atomic mass is 32.2. The van der Waals surface area contributed by atoms with Crippen molar-refractivity contribution in [3.63, 3.8) is 0 Å². The minimum atomic E-state index is -2.73. The molecular weight excluding hydrogens is 462 g/mol. The highest BCUT2D eigenvalue weighted by Gasteiger charge is 2.19. The zero-order valence-corrected chi connectivity index (χ0v) is 19.0. The average molecular weight is 483 g/mol. The van der Waals surface area contributed by atoms with Gasteiger partial charge in [0.2, 0.25) is 10.9 Å².